The summed E-state index contributed by atoms with van der Waals surface area (Å²) in [5.41, 5.74) is 1.16. The summed E-state index contributed by atoms with van der Waals surface area (Å²) >= 11 is 0. The van der Waals surface area contributed by atoms with E-state index in [1.165, 1.54) is 32.4 Å². The molecule has 2 fully saturated rings. The lowest BCUT2D eigenvalue weighted by atomic mass is 10.1. The Morgan fingerprint density at radius 2 is 2.00 bits per heavy atom. The topological polar surface area (TPSA) is 33.1 Å². The number of benzene rings is 1. The molecule has 2 atom stereocenters. The van der Waals surface area contributed by atoms with E-state index in [4.69, 9.17) is 0 Å². The molecule has 20 heavy (non-hydrogen) atoms. The number of hydrogen-bond acceptors (Lipinski definition) is 3. The van der Waals surface area contributed by atoms with Gasteiger partial charge in [0, 0.05) is 36.7 Å². The highest BCUT2D eigenvalue weighted by Gasteiger charge is 2.37. The molecular formula is C16H20N4. The Bertz CT molecular complexity index is 577. The standard InChI is InChI=1S/C16H20N4/c1-2-5-13(6-3-1)20-12-9-17-16(20)18-14-8-11-19-10-4-7-15(14)19/h1-3,5-6,9,12,14-15H,4,7-8,10-11H2,(H,17,18). The lowest BCUT2D eigenvalue weighted by Crippen LogP contribution is -2.34. The summed E-state index contributed by atoms with van der Waals surface area (Å²) in [6.07, 6.45) is 7.79. The van der Waals surface area contributed by atoms with Gasteiger partial charge in [-0.05, 0) is 37.9 Å². The number of nitrogens with zero attached hydrogens (tertiary/aromatic N) is 3. The first-order chi connectivity index (χ1) is 9.92. The van der Waals surface area contributed by atoms with Gasteiger partial charge in [-0.3, -0.25) is 9.47 Å². The third kappa shape index (κ3) is 2.00. The minimum absolute atomic E-state index is 0.544. The van der Waals surface area contributed by atoms with Crippen LogP contribution in [0.5, 0.6) is 0 Å². The average Bonchev–Trinajstić information content (AvgIpc) is 3.18. The number of para-hydroxylation sites is 1. The predicted molar refractivity (Wildman–Crippen MR) is 80.2 cm³/mol. The van der Waals surface area contributed by atoms with Crippen LogP contribution in [0.4, 0.5) is 5.95 Å². The number of rotatable bonds is 3. The summed E-state index contributed by atoms with van der Waals surface area (Å²) in [6.45, 7) is 2.50. The van der Waals surface area contributed by atoms with Gasteiger partial charge in [-0.2, -0.15) is 0 Å². The maximum Gasteiger partial charge on any atom is 0.207 e. The van der Waals surface area contributed by atoms with Gasteiger partial charge in [-0.15, -0.1) is 0 Å². The molecule has 2 aliphatic heterocycles. The van der Waals surface area contributed by atoms with Gasteiger partial charge in [0.2, 0.25) is 5.95 Å². The molecule has 0 spiro atoms. The Morgan fingerprint density at radius 3 is 2.90 bits per heavy atom. The van der Waals surface area contributed by atoms with Crippen LogP contribution in [-0.2, 0) is 0 Å². The number of fused-ring (bicyclic) bond motifs is 1. The molecular weight excluding hydrogens is 248 g/mol. The Balaban J connectivity index is 1.57. The Kier molecular flexibility index (Phi) is 2.96. The van der Waals surface area contributed by atoms with E-state index < -0.39 is 0 Å². The molecule has 0 aliphatic carbocycles. The monoisotopic (exact) mass is 268 g/mol. The largest absolute Gasteiger partial charge is 0.351 e. The van der Waals surface area contributed by atoms with Crippen LogP contribution in [-0.4, -0.2) is 39.6 Å². The molecule has 2 aliphatic rings. The first-order valence-electron chi connectivity index (χ1n) is 7.51. The third-order valence-electron chi connectivity index (χ3n) is 4.60. The molecule has 4 nitrogen and oxygen atoms in total. The summed E-state index contributed by atoms with van der Waals surface area (Å²) < 4.78 is 2.14. The van der Waals surface area contributed by atoms with Crippen LogP contribution in [0.15, 0.2) is 42.7 Å². The summed E-state index contributed by atoms with van der Waals surface area (Å²) in [5, 5.41) is 3.67. The molecule has 1 aromatic heterocycles. The van der Waals surface area contributed by atoms with E-state index in [0.717, 1.165) is 11.6 Å². The second-order valence-corrected chi connectivity index (χ2v) is 5.74. The molecule has 2 unspecified atom stereocenters. The Hall–Kier alpha value is -1.81. The van der Waals surface area contributed by atoms with E-state index >= 15 is 0 Å². The van der Waals surface area contributed by atoms with E-state index in [1.807, 2.05) is 18.5 Å². The highest BCUT2D eigenvalue weighted by atomic mass is 15.3. The lowest BCUT2D eigenvalue weighted by molar-refractivity contribution is 0.318. The fourth-order valence-electron chi connectivity index (χ4n) is 3.62. The van der Waals surface area contributed by atoms with Crippen molar-refractivity contribution in [3.8, 4) is 5.69 Å². The second kappa shape index (κ2) is 4.94. The van der Waals surface area contributed by atoms with Crippen LogP contribution < -0.4 is 5.32 Å². The second-order valence-electron chi connectivity index (χ2n) is 5.74. The van der Waals surface area contributed by atoms with E-state index in [9.17, 15) is 0 Å². The van der Waals surface area contributed by atoms with Gasteiger partial charge in [0.05, 0.1) is 0 Å². The van der Waals surface area contributed by atoms with Crippen LogP contribution >= 0.6 is 0 Å². The van der Waals surface area contributed by atoms with Gasteiger partial charge in [-0.1, -0.05) is 18.2 Å². The highest BCUT2D eigenvalue weighted by molar-refractivity contribution is 5.42. The summed E-state index contributed by atoms with van der Waals surface area (Å²) in [7, 11) is 0. The van der Waals surface area contributed by atoms with Crippen molar-refractivity contribution in [3.05, 3.63) is 42.7 Å². The van der Waals surface area contributed by atoms with Crippen molar-refractivity contribution in [1.82, 2.24) is 14.5 Å². The molecule has 0 radical (unpaired) electrons. The quantitative estimate of drug-likeness (QED) is 0.928. The highest BCUT2D eigenvalue weighted by Crippen LogP contribution is 2.30. The zero-order valence-electron chi connectivity index (χ0n) is 11.6. The molecule has 3 heterocycles. The molecule has 4 rings (SSSR count). The molecule has 104 valence electrons. The Labute approximate surface area is 119 Å². The van der Waals surface area contributed by atoms with Gasteiger partial charge in [0.25, 0.3) is 0 Å². The smallest absolute Gasteiger partial charge is 0.207 e. The number of hydrogen-bond donors (Lipinski definition) is 1. The lowest BCUT2D eigenvalue weighted by Gasteiger charge is -2.22. The zero-order chi connectivity index (χ0) is 13.4. The van der Waals surface area contributed by atoms with E-state index in [1.54, 1.807) is 0 Å². The summed E-state index contributed by atoms with van der Waals surface area (Å²) in [4.78, 5) is 7.12. The van der Waals surface area contributed by atoms with Gasteiger partial charge in [0.1, 0.15) is 0 Å². The first-order valence-corrected chi connectivity index (χ1v) is 7.51. The van der Waals surface area contributed by atoms with Crippen LogP contribution in [0.3, 0.4) is 0 Å². The number of nitrogens with one attached hydrogen (secondary N) is 1. The van der Waals surface area contributed by atoms with Crippen molar-refractivity contribution in [2.75, 3.05) is 18.4 Å². The van der Waals surface area contributed by atoms with E-state index in [0.29, 0.717) is 12.1 Å². The molecule has 2 aromatic rings. The van der Waals surface area contributed by atoms with Crippen LogP contribution in [0.1, 0.15) is 19.3 Å². The van der Waals surface area contributed by atoms with Crippen molar-refractivity contribution >= 4 is 5.95 Å². The van der Waals surface area contributed by atoms with Crippen molar-refractivity contribution in [1.29, 1.82) is 0 Å². The molecule has 0 saturated carbocycles. The Morgan fingerprint density at radius 1 is 1.10 bits per heavy atom. The normalized spacial score (nSPS) is 25.8. The van der Waals surface area contributed by atoms with Crippen molar-refractivity contribution < 1.29 is 0 Å². The summed E-state index contributed by atoms with van der Waals surface area (Å²) in [6, 6.07) is 11.6. The SMILES string of the molecule is c1ccc(-n2ccnc2NC2CCN3CCCC23)cc1. The maximum atomic E-state index is 4.50. The molecule has 0 amide bonds. The maximum absolute atomic E-state index is 4.50. The molecule has 1 N–H and O–H groups in total. The molecule has 0 bridgehead atoms. The van der Waals surface area contributed by atoms with Crippen molar-refractivity contribution in [2.45, 2.75) is 31.3 Å². The fraction of sp³-hybridized carbons (Fsp3) is 0.438. The van der Waals surface area contributed by atoms with Crippen LogP contribution in [0.2, 0.25) is 0 Å². The van der Waals surface area contributed by atoms with Gasteiger partial charge >= 0.3 is 0 Å². The third-order valence-corrected chi connectivity index (χ3v) is 4.60. The minimum atomic E-state index is 0.544. The molecule has 2 saturated heterocycles. The van der Waals surface area contributed by atoms with E-state index in [2.05, 4.69) is 44.0 Å². The van der Waals surface area contributed by atoms with Gasteiger partial charge < -0.3 is 5.32 Å². The predicted octanol–water partition coefficient (Wildman–Crippen LogP) is 2.52. The number of anilines is 1. The average molecular weight is 268 g/mol. The fourth-order valence-corrected chi connectivity index (χ4v) is 3.62. The molecule has 1 aromatic carbocycles. The van der Waals surface area contributed by atoms with Gasteiger partial charge in [-0.25, -0.2) is 4.98 Å². The number of aromatic nitrogens is 2. The summed E-state index contributed by atoms with van der Waals surface area (Å²) in [5.74, 6) is 0.968. The van der Waals surface area contributed by atoms with Crippen LogP contribution in [0, 0.1) is 0 Å². The van der Waals surface area contributed by atoms with Crippen LogP contribution in [0.25, 0.3) is 5.69 Å². The molecule has 4 heteroatoms. The minimum Gasteiger partial charge on any atom is -0.351 e. The van der Waals surface area contributed by atoms with Crippen molar-refractivity contribution in [2.24, 2.45) is 0 Å². The van der Waals surface area contributed by atoms with Gasteiger partial charge in [0.15, 0.2) is 0 Å². The van der Waals surface area contributed by atoms with E-state index in [-0.39, 0.29) is 0 Å². The zero-order valence-corrected chi connectivity index (χ0v) is 11.6. The number of imidazole rings is 1. The first kappa shape index (κ1) is 12.0. The van der Waals surface area contributed by atoms with Crippen molar-refractivity contribution in [3.63, 3.8) is 0 Å².